The van der Waals surface area contributed by atoms with Gasteiger partial charge in [0.25, 0.3) is 5.91 Å². The Kier molecular flexibility index (Phi) is 4.21. The topological polar surface area (TPSA) is 109 Å². The van der Waals surface area contributed by atoms with Crippen molar-refractivity contribution in [2.24, 2.45) is 29.4 Å². The monoisotopic (exact) mass is 348 g/mol. The molecule has 1 heterocycles. The van der Waals surface area contributed by atoms with Gasteiger partial charge in [-0.3, -0.25) is 14.4 Å². The van der Waals surface area contributed by atoms with Gasteiger partial charge in [-0.25, -0.2) is 0 Å². The lowest BCUT2D eigenvalue weighted by Crippen LogP contribution is -2.36. The van der Waals surface area contributed by atoms with Gasteiger partial charge >= 0.3 is 5.97 Å². The van der Waals surface area contributed by atoms with E-state index in [1.54, 1.807) is 0 Å². The number of allylic oxidation sites excluding steroid dienone is 2. The standard InChI is InChI=1S/C17H20N2O4S/c1-3-10-7(2)24-16(13(10)14(18)20)19-15(21)11-8-4-5-9(6-8)12(11)17(22)23/h4-5,8-9,11-12H,3,6H2,1-2H3,(H2,18,20)(H,19,21)(H,22,23)/t8-,9-,11-,12+/m1/s1. The van der Waals surface area contributed by atoms with Gasteiger partial charge in [0.1, 0.15) is 5.00 Å². The number of aliphatic carboxylic acids is 1. The largest absolute Gasteiger partial charge is 0.481 e. The van der Waals surface area contributed by atoms with E-state index in [9.17, 15) is 19.5 Å². The fraction of sp³-hybridized carbons (Fsp3) is 0.471. The molecule has 128 valence electrons. The van der Waals surface area contributed by atoms with E-state index in [-0.39, 0.29) is 17.7 Å². The van der Waals surface area contributed by atoms with Crippen molar-refractivity contribution in [2.75, 3.05) is 5.32 Å². The molecule has 0 unspecified atom stereocenters. The fourth-order valence-corrected chi connectivity index (χ4v) is 5.22. The molecule has 3 rings (SSSR count). The summed E-state index contributed by atoms with van der Waals surface area (Å²) in [5.74, 6) is -3.32. The molecule has 2 aliphatic rings. The molecule has 24 heavy (non-hydrogen) atoms. The highest BCUT2D eigenvalue weighted by atomic mass is 32.1. The van der Waals surface area contributed by atoms with E-state index in [1.165, 1.54) is 11.3 Å². The number of carboxylic acids is 1. The molecule has 6 nitrogen and oxygen atoms in total. The maximum atomic E-state index is 12.7. The average Bonchev–Trinajstić information content (AvgIpc) is 3.18. The van der Waals surface area contributed by atoms with Gasteiger partial charge in [-0.2, -0.15) is 0 Å². The summed E-state index contributed by atoms with van der Waals surface area (Å²) < 4.78 is 0. The van der Waals surface area contributed by atoms with Crippen LogP contribution in [0.3, 0.4) is 0 Å². The second-order valence-corrected chi connectivity index (χ2v) is 7.61. The van der Waals surface area contributed by atoms with Crippen LogP contribution in [0.25, 0.3) is 0 Å². The lowest BCUT2D eigenvalue weighted by Gasteiger charge is -2.23. The zero-order valence-corrected chi connectivity index (χ0v) is 14.4. The van der Waals surface area contributed by atoms with Crippen LogP contribution in [0.2, 0.25) is 0 Å². The van der Waals surface area contributed by atoms with Crippen LogP contribution in [0.15, 0.2) is 12.2 Å². The van der Waals surface area contributed by atoms with Crippen LogP contribution in [-0.2, 0) is 16.0 Å². The van der Waals surface area contributed by atoms with Crippen molar-refractivity contribution in [1.29, 1.82) is 0 Å². The van der Waals surface area contributed by atoms with Crippen LogP contribution in [0.1, 0.15) is 34.1 Å². The number of nitrogens with two attached hydrogens (primary N) is 1. The molecule has 0 saturated heterocycles. The zero-order valence-electron chi connectivity index (χ0n) is 13.5. The number of aryl methyl sites for hydroxylation is 1. The molecule has 0 spiro atoms. The molecular weight excluding hydrogens is 328 g/mol. The van der Waals surface area contributed by atoms with E-state index in [1.807, 2.05) is 26.0 Å². The molecule has 1 saturated carbocycles. The van der Waals surface area contributed by atoms with Crippen molar-refractivity contribution < 1.29 is 19.5 Å². The smallest absolute Gasteiger partial charge is 0.307 e. The molecule has 7 heteroatoms. The van der Waals surface area contributed by atoms with E-state index >= 15 is 0 Å². The third kappa shape index (κ3) is 2.53. The number of carboxylic acid groups (broad SMARTS) is 1. The van der Waals surface area contributed by atoms with Gasteiger partial charge in [-0.15, -0.1) is 11.3 Å². The number of primary amides is 1. The van der Waals surface area contributed by atoms with Crippen LogP contribution in [-0.4, -0.2) is 22.9 Å². The minimum Gasteiger partial charge on any atom is -0.481 e. The molecule has 4 N–H and O–H groups in total. The predicted octanol–water partition coefficient (Wildman–Crippen LogP) is 2.18. The Morgan fingerprint density at radius 2 is 1.92 bits per heavy atom. The number of amides is 2. The molecule has 0 radical (unpaired) electrons. The van der Waals surface area contributed by atoms with Gasteiger partial charge in [0.15, 0.2) is 0 Å². The Bertz CT molecular complexity index is 752. The Morgan fingerprint density at radius 3 is 2.46 bits per heavy atom. The number of nitrogens with one attached hydrogen (secondary N) is 1. The first-order valence-corrected chi connectivity index (χ1v) is 8.80. The predicted molar refractivity (Wildman–Crippen MR) is 90.9 cm³/mol. The van der Waals surface area contributed by atoms with Gasteiger partial charge in [0.05, 0.1) is 17.4 Å². The van der Waals surface area contributed by atoms with Crippen LogP contribution in [0.4, 0.5) is 5.00 Å². The van der Waals surface area contributed by atoms with E-state index in [0.29, 0.717) is 23.4 Å². The molecule has 1 aromatic heterocycles. The van der Waals surface area contributed by atoms with Gasteiger partial charge in [-0.1, -0.05) is 19.1 Å². The van der Waals surface area contributed by atoms with E-state index in [0.717, 1.165) is 10.4 Å². The third-order valence-corrected chi connectivity index (χ3v) is 6.16. The Morgan fingerprint density at radius 1 is 1.29 bits per heavy atom. The number of rotatable bonds is 5. The quantitative estimate of drug-likeness (QED) is 0.708. The summed E-state index contributed by atoms with van der Waals surface area (Å²) in [7, 11) is 0. The molecule has 0 aromatic carbocycles. The second-order valence-electron chi connectivity index (χ2n) is 6.39. The molecule has 1 fully saturated rings. The molecular formula is C17H20N2O4S. The minimum atomic E-state index is -0.946. The normalized spacial score (nSPS) is 27.4. The summed E-state index contributed by atoms with van der Waals surface area (Å²) in [4.78, 5) is 37.0. The van der Waals surface area contributed by atoms with Crippen molar-refractivity contribution >= 4 is 34.1 Å². The Balaban J connectivity index is 1.89. The fourth-order valence-electron chi connectivity index (χ4n) is 4.06. The van der Waals surface area contributed by atoms with Crippen molar-refractivity contribution in [1.82, 2.24) is 0 Å². The minimum absolute atomic E-state index is 0.0557. The number of fused-ring (bicyclic) bond motifs is 2. The average molecular weight is 348 g/mol. The summed E-state index contributed by atoms with van der Waals surface area (Å²) in [6.07, 6.45) is 5.17. The first-order valence-electron chi connectivity index (χ1n) is 7.99. The van der Waals surface area contributed by atoms with E-state index < -0.39 is 23.7 Å². The number of hydrogen-bond donors (Lipinski definition) is 3. The number of hydrogen-bond acceptors (Lipinski definition) is 4. The highest BCUT2D eigenvalue weighted by Gasteiger charge is 2.51. The van der Waals surface area contributed by atoms with Gasteiger partial charge in [0.2, 0.25) is 5.91 Å². The first-order chi connectivity index (χ1) is 11.3. The molecule has 1 aromatic rings. The van der Waals surface area contributed by atoms with Crippen molar-refractivity contribution in [3.8, 4) is 0 Å². The highest BCUT2D eigenvalue weighted by Crippen LogP contribution is 2.48. The lowest BCUT2D eigenvalue weighted by molar-refractivity contribution is -0.146. The van der Waals surface area contributed by atoms with Gasteiger partial charge < -0.3 is 16.2 Å². The number of carbonyl (C=O) groups is 3. The van der Waals surface area contributed by atoms with Crippen LogP contribution in [0, 0.1) is 30.6 Å². The van der Waals surface area contributed by atoms with Crippen molar-refractivity contribution in [3.63, 3.8) is 0 Å². The van der Waals surface area contributed by atoms with E-state index in [2.05, 4.69) is 5.32 Å². The van der Waals surface area contributed by atoms with Gasteiger partial charge in [0, 0.05) is 4.88 Å². The molecule has 2 aliphatic carbocycles. The van der Waals surface area contributed by atoms with Crippen LogP contribution < -0.4 is 11.1 Å². The Hall–Kier alpha value is -2.15. The van der Waals surface area contributed by atoms with Crippen molar-refractivity contribution in [2.45, 2.75) is 26.7 Å². The van der Waals surface area contributed by atoms with Crippen LogP contribution >= 0.6 is 11.3 Å². The number of thiophene rings is 1. The molecule has 2 bridgehead atoms. The summed E-state index contributed by atoms with van der Waals surface area (Å²) in [6.45, 7) is 3.81. The third-order valence-electron chi connectivity index (χ3n) is 5.09. The lowest BCUT2D eigenvalue weighted by atomic mass is 9.82. The maximum Gasteiger partial charge on any atom is 0.307 e. The summed E-state index contributed by atoms with van der Waals surface area (Å²) >= 11 is 1.31. The summed E-state index contributed by atoms with van der Waals surface area (Å²) in [5.41, 5.74) is 6.67. The van der Waals surface area contributed by atoms with E-state index in [4.69, 9.17) is 5.73 Å². The SMILES string of the molecule is CCc1c(C)sc(NC(=O)[C@H]2[C@@H](C(=O)O)[C@@H]3C=C[C@@H]2C3)c1C(N)=O. The summed E-state index contributed by atoms with van der Waals surface area (Å²) in [5, 5.41) is 12.7. The molecule has 0 aliphatic heterocycles. The number of anilines is 1. The highest BCUT2D eigenvalue weighted by molar-refractivity contribution is 7.16. The maximum absolute atomic E-state index is 12.7. The van der Waals surface area contributed by atoms with Gasteiger partial charge in [-0.05, 0) is 37.2 Å². The zero-order chi connectivity index (χ0) is 17.6. The molecule has 4 atom stereocenters. The van der Waals surface area contributed by atoms with Crippen molar-refractivity contribution in [3.05, 3.63) is 28.2 Å². The van der Waals surface area contributed by atoms with Crippen LogP contribution in [0.5, 0.6) is 0 Å². The first kappa shape index (κ1) is 16.7. The number of carbonyl (C=O) groups excluding carboxylic acids is 2. The summed E-state index contributed by atoms with van der Waals surface area (Å²) in [6, 6.07) is 0. The second kappa shape index (κ2) is 6.05. The molecule has 2 amide bonds. The Labute approximate surface area is 143 Å².